The van der Waals surface area contributed by atoms with Gasteiger partial charge in [0.05, 0.1) is 16.1 Å². The van der Waals surface area contributed by atoms with Crippen LogP contribution in [-0.2, 0) is 26.0 Å². The predicted octanol–water partition coefficient (Wildman–Crippen LogP) is 4.61. The maximum atomic E-state index is 15.4. The van der Waals surface area contributed by atoms with Crippen LogP contribution in [0.25, 0.3) is 0 Å². The van der Waals surface area contributed by atoms with Crippen LogP contribution >= 0.6 is 0 Å². The molecule has 39 heavy (non-hydrogen) atoms. The Labute approximate surface area is 231 Å². The van der Waals surface area contributed by atoms with Gasteiger partial charge in [-0.1, -0.05) is 56.0 Å². The van der Waals surface area contributed by atoms with Crippen LogP contribution in [0.1, 0.15) is 62.5 Å². The first kappa shape index (κ1) is 30.5. The lowest BCUT2D eigenvalue weighted by molar-refractivity contribution is -0.143. The minimum absolute atomic E-state index is 0.0447. The van der Waals surface area contributed by atoms with Crippen LogP contribution in [0.2, 0.25) is 0 Å². The van der Waals surface area contributed by atoms with Gasteiger partial charge >= 0.3 is 0 Å². The first-order valence-corrected chi connectivity index (χ1v) is 14.9. The number of sulfonamides is 1. The molecule has 0 saturated heterocycles. The molecule has 2 N–H and O–H groups in total. The Balaban J connectivity index is 1.83. The number of nitriles is 1. The summed E-state index contributed by atoms with van der Waals surface area (Å²) in [4.78, 5) is 14.6. The van der Waals surface area contributed by atoms with E-state index in [1.165, 1.54) is 7.11 Å². The Bertz CT molecular complexity index is 1250. The van der Waals surface area contributed by atoms with Gasteiger partial charge in [-0.3, -0.25) is 4.79 Å². The molecule has 1 atom stereocenters. The Morgan fingerprint density at radius 3 is 2.38 bits per heavy atom. The minimum Gasteiger partial charge on any atom is -0.379 e. The lowest BCUT2D eigenvalue weighted by Crippen LogP contribution is -2.49. The number of carbonyl (C=O) groups excluding carboxylic acids is 1. The fourth-order valence-corrected chi connectivity index (χ4v) is 6.04. The largest absolute Gasteiger partial charge is 0.379 e. The summed E-state index contributed by atoms with van der Waals surface area (Å²) in [6, 6.07) is 13.7. The van der Waals surface area contributed by atoms with Crippen LogP contribution in [0.5, 0.6) is 0 Å². The number of amides is 1. The third kappa shape index (κ3) is 8.24. The summed E-state index contributed by atoms with van der Waals surface area (Å²) in [6.07, 6.45) is 6.33. The number of ether oxygens (including phenoxy) is 1. The average Bonchev–Trinajstić information content (AvgIpc) is 3.18. The molecule has 3 rings (SSSR count). The summed E-state index contributed by atoms with van der Waals surface area (Å²) in [5.41, 5.74) is -0.292. The molecular weight excluding hydrogens is 519 g/mol. The van der Waals surface area contributed by atoms with Crippen molar-refractivity contribution < 1.29 is 22.3 Å². The van der Waals surface area contributed by atoms with Crippen LogP contribution in [-0.4, -0.2) is 58.6 Å². The summed E-state index contributed by atoms with van der Waals surface area (Å²) in [5, 5.41) is 13.0. The van der Waals surface area contributed by atoms with E-state index in [1.807, 2.05) is 55.4 Å². The topological polar surface area (TPSA) is 112 Å². The van der Waals surface area contributed by atoms with E-state index in [0.29, 0.717) is 25.7 Å². The summed E-state index contributed by atoms with van der Waals surface area (Å²) in [7, 11) is 0.858. The Kier molecular flexibility index (Phi) is 10.9. The van der Waals surface area contributed by atoms with E-state index in [9.17, 15) is 18.5 Å². The number of hydrogen-bond donors (Lipinski definition) is 2. The number of halogens is 1. The lowest BCUT2D eigenvalue weighted by atomic mass is 9.93. The molecule has 1 aliphatic carbocycles. The van der Waals surface area contributed by atoms with Gasteiger partial charge < -0.3 is 15.0 Å². The zero-order valence-corrected chi connectivity index (χ0v) is 23.8. The van der Waals surface area contributed by atoms with Crippen molar-refractivity contribution in [2.75, 3.05) is 33.1 Å². The molecule has 0 unspecified atom stereocenters. The number of nitrogens with one attached hydrogen (secondary N) is 2. The Hall–Kier alpha value is -3.00. The number of carbonyl (C=O) groups is 1. The monoisotopic (exact) mass is 558 g/mol. The van der Waals surface area contributed by atoms with Gasteiger partial charge in [-0.05, 0) is 70.4 Å². The molecule has 212 valence electrons. The first-order valence-electron chi connectivity index (χ1n) is 13.4. The van der Waals surface area contributed by atoms with Crippen LogP contribution in [0.4, 0.5) is 10.1 Å². The lowest BCUT2D eigenvalue weighted by Gasteiger charge is -2.29. The summed E-state index contributed by atoms with van der Waals surface area (Å²) in [5.74, 6) is -1.63. The van der Waals surface area contributed by atoms with Gasteiger partial charge in [0, 0.05) is 13.2 Å². The number of benzene rings is 2. The summed E-state index contributed by atoms with van der Waals surface area (Å²) < 4.78 is 49.3. The van der Waals surface area contributed by atoms with E-state index in [4.69, 9.17) is 4.74 Å². The number of methoxy groups -OCH3 is 1. The van der Waals surface area contributed by atoms with Crippen molar-refractivity contribution in [3.63, 3.8) is 0 Å². The highest BCUT2D eigenvalue weighted by Crippen LogP contribution is 2.31. The number of hydrogen-bond acceptors (Lipinski definition) is 7. The molecule has 1 aliphatic rings. The molecule has 2 aromatic rings. The molecule has 1 fully saturated rings. The van der Waals surface area contributed by atoms with Gasteiger partial charge in [0.15, 0.2) is 0 Å². The zero-order valence-electron chi connectivity index (χ0n) is 23.0. The average molecular weight is 559 g/mol. The molecular formula is C29H39FN4O4S. The van der Waals surface area contributed by atoms with E-state index < -0.39 is 32.2 Å². The third-order valence-electron chi connectivity index (χ3n) is 7.33. The summed E-state index contributed by atoms with van der Waals surface area (Å²) >= 11 is 0. The molecule has 0 radical (unpaired) electrons. The van der Waals surface area contributed by atoms with Gasteiger partial charge in [-0.15, -0.1) is 0 Å². The van der Waals surface area contributed by atoms with Gasteiger partial charge in [0.25, 0.3) is 15.9 Å². The van der Waals surface area contributed by atoms with E-state index >= 15 is 4.39 Å². The van der Waals surface area contributed by atoms with Crippen molar-refractivity contribution >= 4 is 21.6 Å². The molecule has 0 aliphatic heterocycles. The van der Waals surface area contributed by atoms with Gasteiger partial charge in [-0.2, -0.15) is 5.26 Å². The first-order chi connectivity index (χ1) is 18.6. The van der Waals surface area contributed by atoms with E-state index in [2.05, 4.69) is 10.0 Å². The highest BCUT2D eigenvalue weighted by Gasteiger charge is 2.41. The SMILES string of the molecule is COC1(C(=O)NS(=O)(=O)c2cc(F)c(N[C@@H](CCc3ccccc3)CCN(C)C)c(C#N)c2)CCCCCC1. The van der Waals surface area contributed by atoms with Crippen molar-refractivity contribution in [2.45, 2.75) is 74.3 Å². The van der Waals surface area contributed by atoms with Crippen LogP contribution in [0.3, 0.4) is 0 Å². The van der Waals surface area contributed by atoms with Crippen LogP contribution in [0.15, 0.2) is 47.4 Å². The quantitative estimate of drug-likeness (QED) is 0.366. The maximum absolute atomic E-state index is 15.4. The molecule has 0 aromatic heterocycles. The van der Waals surface area contributed by atoms with Crippen molar-refractivity contribution in [1.82, 2.24) is 9.62 Å². The van der Waals surface area contributed by atoms with Crippen molar-refractivity contribution in [1.29, 1.82) is 5.26 Å². The molecule has 10 heteroatoms. The molecule has 0 bridgehead atoms. The number of nitrogens with zero attached hydrogens (tertiary/aromatic N) is 2. The second kappa shape index (κ2) is 13.9. The standard InChI is InChI=1S/C29H39FN4O4S/c1-34(2)18-15-24(14-13-22-11-7-6-8-12-22)32-27-23(21-31)19-25(20-26(27)30)39(36,37)33-28(35)29(38-3)16-9-4-5-10-17-29/h6-8,11-12,19-20,24,32H,4-5,9-10,13-18H2,1-3H3,(H,33,35)/t24-/m0/s1. The molecule has 1 amide bonds. The predicted molar refractivity (Wildman–Crippen MR) is 149 cm³/mol. The molecule has 0 spiro atoms. The minimum atomic E-state index is -4.44. The smallest absolute Gasteiger partial charge is 0.265 e. The van der Waals surface area contributed by atoms with E-state index in [1.54, 1.807) is 0 Å². The third-order valence-corrected chi connectivity index (χ3v) is 8.65. The van der Waals surface area contributed by atoms with Gasteiger partial charge in [-0.25, -0.2) is 17.5 Å². The Morgan fingerprint density at radius 2 is 1.79 bits per heavy atom. The normalized spacial score (nSPS) is 16.2. The second-order valence-corrected chi connectivity index (χ2v) is 12.1. The molecule has 2 aromatic carbocycles. The van der Waals surface area contributed by atoms with E-state index in [-0.39, 0.29) is 17.3 Å². The molecule has 8 nitrogen and oxygen atoms in total. The second-order valence-electron chi connectivity index (χ2n) is 10.4. The number of aryl methyl sites for hydroxylation is 1. The highest BCUT2D eigenvalue weighted by molar-refractivity contribution is 7.90. The fraction of sp³-hybridized carbons (Fsp3) is 0.517. The summed E-state index contributed by atoms with van der Waals surface area (Å²) in [6.45, 7) is 0.746. The maximum Gasteiger partial charge on any atom is 0.265 e. The Morgan fingerprint density at radius 1 is 1.13 bits per heavy atom. The van der Waals surface area contributed by atoms with Crippen molar-refractivity contribution in [3.05, 3.63) is 59.4 Å². The highest BCUT2D eigenvalue weighted by atomic mass is 32.2. The van der Waals surface area contributed by atoms with Crippen molar-refractivity contribution in [2.24, 2.45) is 0 Å². The number of rotatable bonds is 12. The van der Waals surface area contributed by atoms with Gasteiger partial charge in [0.2, 0.25) is 0 Å². The fourth-order valence-electron chi connectivity index (χ4n) is 4.96. The molecule has 1 saturated carbocycles. The van der Waals surface area contributed by atoms with Crippen LogP contribution < -0.4 is 10.0 Å². The van der Waals surface area contributed by atoms with Gasteiger partial charge in [0.1, 0.15) is 17.5 Å². The van der Waals surface area contributed by atoms with Crippen molar-refractivity contribution in [3.8, 4) is 6.07 Å². The zero-order chi connectivity index (χ0) is 28.5. The molecule has 0 heterocycles. The number of anilines is 1. The van der Waals surface area contributed by atoms with E-state index in [0.717, 1.165) is 56.3 Å². The van der Waals surface area contributed by atoms with Crippen LogP contribution in [0, 0.1) is 17.1 Å².